The summed E-state index contributed by atoms with van der Waals surface area (Å²) in [4.78, 5) is 6.14. The van der Waals surface area contributed by atoms with E-state index in [0.29, 0.717) is 31.5 Å². The summed E-state index contributed by atoms with van der Waals surface area (Å²) in [6, 6.07) is 9.88. The number of aliphatic imine (C=N–C) groups is 1. The molecule has 2 aromatic rings. The van der Waals surface area contributed by atoms with Gasteiger partial charge in [0.2, 0.25) is 10.0 Å². The Balaban J connectivity index is 0.00000280. The van der Waals surface area contributed by atoms with Crippen LogP contribution in [0.1, 0.15) is 25.0 Å². The lowest BCUT2D eigenvalue weighted by molar-refractivity contribution is 0.316. The Morgan fingerprint density at radius 2 is 2.07 bits per heavy atom. The van der Waals surface area contributed by atoms with Gasteiger partial charge in [0.15, 0.2) is 5.96 Å². The Labute approximate surface area is 184 Å². The van der Waals surface area contributed by atoms with Crippen LogP contribution in [0.25, 0.3) is 11.0 Å². The summed E-state index contributed by atoms with van der Waals surface area (Å²) in [5, 5.41) is 4.17. The number of benzene rings is 1. The minimum atomic E-state index is -3.26. The average molecular weight is 520 g/mol. The van der Waals surface area contributed by atoms with Crippen LogP contribution in [0.4, 0.5) is 0 Å². The fourth-order valence-corrected chi connectivity index (χ4v) is 4.12. The smallest absolute Gasteiger partial charge is 0.213 e. The number of nitrogens with one attached hydrogen (secondary N) is 2. The van der Waals surface area contributed by atoms with E-state index in [1.54, 1.807) is 7.05 Å². The Bertz CT molecular complexity index is 860. The van der Waals surface area contributed by atoms with Gasteiger partial charge in [-0.2, -0.15) is 0 Å². The van der Waals surface area contributed by atoms with Gasteiger partial charge in [-0.1, -0.05) is 24.6 Å². The zero-order chi connectivity index (χ0) is 19.3. The average Bonchev–Trinajstić information content (AvgIpc) is 2.99. The first-order valence-electron chi connectivity index (χ1n) is 9.33. The fourth-order valence-electron chi connectivity index (χ4n) is 3.12. The SMILES string of the molecule is CN=C(NCCS(=O)(=O)NCC1CCC1)N(C)Cc1cc2ccccc2o1.I. The Hall–Kier alpha value is -1.33. The molecule has 0 atom stereocenters. The first kappa shape index (κ1) is 23.0. The molecule has 1 aliphatic carbocycles. The molecule has 1 aliphatic rings. The summed E-state index contributed by atoms with van der Waals surface area (Å²) < 4.78 is 32.7. The van der Waals surface area contributed by atoms with Gasteiger partial charge in [-0.3, -0.25) is 4.99 Å². The number of halogens is 1. The number of nitrogens with zero attached hydrogens (tertiary/aromatic N) is 2. The van der Waals surface area contributed by atoms with Gasteiger partial charge >= 0.3 is 0 Å². The van der Waals surface area contributed by atoms with Crippen LogP contribution in [0.3, 0.4) is 0 Å². The molecule has 156 valence electrons. The summed E-state index contributed by atoms with van der Waals surface area (Å²) in [7, 11) is 0.313. The van der Waals surface area contributed by atoms with Gasteiger partial charge < -0.3 is 14.6 Å². The molecule has 1 saturated carbocycles. The van der Waals surface area contributed by atoms with Gasteiger partial charge in [-0.25, -0.2) is 13.1 Å². The second-order valence-electron chi connectivity index (χ2n) is 7.04. The lowest BCUT2D eigenvalue weighted by atomic mass is 9.86. The van der Waals surface area contributed by atoms with E-state index in [0.717, 1.165) is 29.6 Å². The summed E-state index contributed by atoms with van der Waals surface area (Å²) in [5.41, 5.74) is 0.854. The molecular weight excluding hydrogens is 491 g/mol. The largest absolute Gasteiger partial charge is 0.459 e. The van der Waals surface area contributed by atoms with Crippen LogP contribution < -0.4 is 10.0 Å². The van der Waals surface area contributed by atoms with Gasteiger partial charge in [0, 0.05) is 32.6 Å². The van der Waals surface area contributed by atoms with Crippen molar-refractivity contribution in [2.45, 2.75) is 25.8 Å². The van der Waals surface area contributed by atoms with Crippen molar-refractivity contribution < 1.29 is 12.8 Å². The van der Waals surface area contributed by atoms with Crippen molar-refractivity contribution >= 4 is 50.9 Å². The van der Waals surface area contributed by atoms with Crippen LogP contribution in [0, 0.1) is 5.92 Å². The first-order valence-corrected chi connectivity index (χ1v) is 11.0. The molecule has 0 radical (unpaired) electrons. The molecule has 0 unspecified atom stereocenters. The van der Waals surface area contributed by atoms with E-state index < -0.39 is 10.0 Å². The normalized spacial score (nSPS) is 15.1. The Morgan fingerprint density at radius 1 is 1.32 bits per heavy atom. The van der Waals surface area contributed by atoms with Crippen molar-refractivity contribution in [1.29, 1.82) is 0 Å². The van der Waals surface area contributed by atoms with E-state index >= 15 is 0 Å². The number of furan rings is 1. The highest BCUT2D eigenvalue weighted by Gasteiger charge is 2.20. The number of hydrogen-bond donors (Lipinski definition) is 2. The molecule has 3 rings (SSSR count). The van der Waals surface area contributed by atoms with Gasteiger partial charge in [-0.15, -0.1) is 24.0 Å². The summed E-state index contributed by atoms with van der Waals surface area (Å²) in [6.45, 7) is 1.40. The predicted octanol–water partition coefficient (Wildman–Crippen LogP) is 2.78. The number of para-hydroxylation sites is 1. The topological polar surface area (TPSA) is 86.9 Å². The molecule has 9 heteroatoms. The van der Waals surface area contributed by atoms with Crippen LogP contribution in [0.5, 0.6) is 0 Å². The van der Waals surface area contributed by atoms with Crippen LogP contribution in [0.15, 0.2) is 39.7 Å². The molecule has 28 heavy (non-hydrogen) atoms. The maximum absolute atomic E-state index is 12.1. The van der Waals surface area contributed by atoms with E-state index in [-0.39, 0.29) is 29.7 Å². The highest BCUT2D eigenvalue weighted by molar-refractivity contribution is 14.0. The lowest BCUT2D eigenvalue weighted by Crippen LogP contribution is -2.42. The van der Waals surface area contributed by atoms with Crippen LogP contribution in [0.2, 0.25) is 0 Å². The van der Waals surface area contributed by atoms with Crippen LogP contribution in [-0.4, -0.2) is 52.2 Å². The van der Waals surface area contributed by atoms with Crippen LogP contribution in [-0.2, 0) is 16.6 Å². The summed E-state index contributed by atoms with van der Waals surface area (Å²) in [6.07, 6.45) is 3.46. The molecule has 1 heterocycles. The van der Waals surface area contributed by atoms with Crippen molar-refractivity contribution in [3.8, 4) is 0 Å². The van der Waals surface area contributed by atoms with Crippen molar-refractivity contribution in [2.24, 2.45) is 10.9 Å². The Morgan fingerprint density at radius 3 is 2.71 bits per heavy atom. The molecule has 1 fully saturated rings. The number of rotatable bonds is 8. The van der Waals surface area contributed by atoms with Crippen molar-refractivity contribution in [3.05, 3.63) is 36.1 Å². The number of hydrogen-bond acceptors (Lipinski definition) is 4. The van der Waals surface area contributed by atoms with Crippen molar-refractivity contribution in [2.75, 3.05) is 32.9 Å². The molecule has 0 spiro atoms. The van der Waals surface area contributed by atoms with E-state index in [2.05, 4.69) is 15.0 Å². The third-order valence-corrected chi connectivity index (χ3v) is 6.26. The van der Waals surface area contributed by atoms with E-state index in [4.69, 9.17) is 4.42 Å². The molecule has 2 N–H and O–H groups in total. The molecule has 0 aliphatic heterocycles. The Kier molecular flexibility index (Phi) is 8.56. The van der Waals surface area contributed by atoms with Gasteiger partial charge in [0.1, 0.15) is 11.3 Å². The van der Waals surface area contributed by atoms with Gasteiger partial charge in [-0.05, 0) is 30.9 Å². The van der Waals surface area contributed by atoms with Crippen LogP contribution >= 0.6 is 24.0 Å². The monoisotopic (exact) mass is 520 g/mol. The van der Waals surface area contributed by atoms with E-state index in [9.17, 15) is 8.42 Å². The number of sulfonamides is 1. The van der Waals surface area contributed by atoms with Crippen molar-refractivity contribution in [3.63, 3.8) is 0 Å². The molecule has 1 aromatic heterocycles. The summed E-state index contributed by atoms with van der Waals surface area (Å²) >= 11 is 0. The predicted molar refractivity (Wildman–Crippen MR) is 124 cm³/mol. The standard InChI is InChI=1S/C19H28N4O3S.HI/c1-20-19(21-10-11-27(24,25)22-13-15-6-5-7-15)23(2)14-17-12-16-8-3-4-9-18(16)26-17;/h3-4,8-9,12,15,22H,5-7,10-11,13-14H2,1-2H3,(H,20,21);1H. The zero-order valence-electron chi connectivity index (χ0n) is 16.3. The molecule has 7 nitrogen and oxygen atoms in total. The van der Waals surface area contributed by atoms with Crippen molar-refractivity contribution in [1.82, 2.24) is 14.9 Å². The first-order chi connectivity index (χ1) is 13.0. The zero-order valence-corrected chi connectivity index (χ0v) is 19.5. The highest BCUT2D eigenvalue weighted by Crippen LogP contribution is 2.25. The molecular formula is C19H29IN4O3S. The number of fused-ring (bicyclic) bond motifs is 1. The summed E-state index contributed by atoms with van der Waals surface area (Å²) in [5.74, 6) is 1.99. The van der Waals surface area contributed by atoms with Gasteiger partial charge in [0.05, 0.1) is 12.3 Å². The second-order valence-corrected chi connectivity index (χ2v) is 8.97. The molecule has 1 aromatic carbocycles. The third kappa shape index (κ3) is 6.35. The quantitative estimate of drug-likeness (QED) is 0.318. The molecule has 0 saturated heterocycles. The second kappa shape index (κ2) is 10.4. The minimum absolute atomic E-state index is 0. The lowest BCUT2D eigenvalue weighted by Gasteiger charge is -2.25. The minimum Gasteiger partial charge on any atom is -0.459 e. The maximum Gasteiger partial charge on any atom is 0.213 e. The molecule has 0 bridgehead atoms. The maximum atomic E-state index is 12.1. The van der Waals surface area contributed by atoms with E-state index in [1.165, 1.54) is 6.42 Å². The van der Waals surface area contributed by atoms with Gasteiger partial charge in [0.25, 0.3) is 0 Å². The fraction of sp³-hybridized carbons (Fsp3) is 0.526. The van der Waals surface area contributed by atoms with E-state index in [1.807, 2.05) is 42.3 Å². The third-order valence-electron chi connectivity index (χ3n) is 4.91. The number of guanidine groups is 1. The molecule has 0 amide bonds. The highest BCUT2D eigenvalue weighted by atomic mass is 127.